The number of piperazine rings is 1. The second kappa shape index (κ2) is 22.2. The normalized spacial score (nSPS) is 17.3. The van der Waals surface area contributed by atoms with Crippen LogP contribution in [0.5, 0.6) is 5.75 Å². The lowest BCUT2D eigenvalue weighted by atomic mass is 9.97. The van der Waals surface area contributed by atoms with Crippen molar-refractivity contribution in [2.45, 2.75) is 96.6 Å². The van der Waals surface area contributed by atoms with Crippen LogP contribution in [0.3, 0.4) is 0 Å². The van der Waals surface area contributed by atoms with Gasteiger partial charge in [0.05, 0.1) is 14.4 Å². The van der Waals surface area contributed by atoms with Gasteiger partial charge in [-0.05, 0) is 87.7 Å². The van der Waals surface area contributed by atoms with Crippen LogP contribution in [-0.4, -0.2) is 91.3 Å². The molecule has 4 amide bonds. The zero-order valence-corrected chi connectivity index (χ0v) is 38.3. The number of rotatable bonds is 11. The predicted molar refractivity (Wildman–Crippen MR) is 233 cm³/mol. The summed E-state index contributed by atoms with van der Waals surface area (Å²) < 4.78 is 69.6. The molecule has 60 heavy (non-hydrogen) atoms. The number of halogens is 5. The van der Waals surface area contributed by atoms with E-state index in [1.54, 1.807) is 34.4 Å². The van der Waals surface area contributed by atoms with Crippen LogP contribution in [0.4, 0.5) is 13.2 Å². The smallest absolute Gasteiger partial charge is 0.405 e. The molecule has 0 unspecified atom stereocenters. The molecule has 2 fully saturated rings. The molecule has 2 saturated heterocycles. The van der Waals surface area contributed by atoms with Crippen molar-refractivity contribution in [1.82, 2.24) is 24.7 Å². The van der Waals surface area contributed by atoms with Crippen molar-refractivity contribution < 1.29 is 45.5 Å². The van der Waals surface area contributed by atoms with E-state index in [1.807, 2.05) is 24.3 Å². The van der Waals surface area contributed by atoms with Gasteiger partial charge in [0.15, 0.2) is 0 Å². The highest BCUT2D eigenvalue weighted by Gasteiger charge is 2.41. The number of nitrogens with one attached hydrogen (secondary N) is 2. The average Bonchev–Trinajstić information content (AvgIpc) is 3.19. The number of alkyl halides is 3. The summed E-state index contributed by atoms with van der Waals surface area (Å²) in [4.78, 5) is 51.7. The molecule has 2 aliphatic heterocycles. The lowest BCUT2D eigenvalue weighted by Gasteiger charge is -2.39. The van der Waals surface area contributed by atoms with Gasteiger partial charge in [0.2, 0.25) is 33.7 Å². The zero-order chi connectivity index (χ0) is 43.7. The zero-order valence-electron chi connectivity index (χ0n) is 34.6. The van der Waals surface area contributed by atoms with Crippen molar-refractivity contribution in [3.05, 3.63) is 92.6 Å². The molecule has 3 aromatic rings. The number of ether oxygens (including phenoxy) is 1. The van der Waals surface area contributed by atoms with E-state index < -0.39 is 34.1 Å². The lowest BCUT2D eigenvalue weighted by molar-refractivity contribution is -0.275. The molecule has 2 atom stereocenters. The molecule has 18 heteroatoms. The highest BCUT2D eigenvalue weighted by molar-refractivity contribution is 14.1. The van der Waals surface area contributed by atoms with E-state index in [0.29, 0.717) is 24.9 Å². The molecule has 0 bridgehead atoms. The summed E-state index contributed by atoms with van der Waals surface area (Å²) in [6.07, 6.45) is -3.16. The van der Waals surface area contributed by atoms with Gasteiger partial charge in [-0.15, -0.1) is 25.6 Å². The Balaban J connectivity index is 0.000000357. The number of piperidine rings is 1. The van der Waals surface area contributed by atoms with Gasteiger partial charge in [-0.25, -0.2) is 8.42 Å². The fourth-order valence-corrected chi connectivity index (χ4v) is 9.13. The first kappa shape index (κ1) is 50.4. The van der Waals surface area contributed by atoms with Gasteiger partial charge in [-0.3, -0.25) is 19.2 Å². The number of nitrogens with zero attached hydrogens (tertiary/aromatic N) is 3. The number of carbonyl (C=O) groups excluding carboxylic acids is 4. The first-order valence-electron chi connectivity index (χ1n) is 19.5. The Morgan fingerprint density at radius 1 is 0.767 bits per heavy atom. The van der Waals surface area contributed by atoms with Crippen LogP contribution in [-0.2, 0) is 42.3 Å². The van der Waals surface area contributed by atoms with E-state index >= 15 is 0 Å². The molecule has 12 nitrogen and oxygen atoms in total. The second-order valence-electron chi connectivity index (χ2n) is 15.3. The van der Waals surface area contributed by atoms with Crippen LogP contribution in [0, 0.1) is 9.49 Å². The monoisotopic (exact) mass is 991 g/mol. The second-order valence-corrected chi connectivity index (χ2v) is 18.3. The molecule has 0 radical (unpaired) electrons. The third kappa shape index (κ3) is 14.3. The molecular weight excluding hydrogens is 938 g/mol. The van der Waals surface area contributed by atoms with E-state index in [2.05, 4.69) is 67.3 Å². The standard InChI is InChI=1S/C24H27F3IN3O5S.C18H26N2O2.ClH/c1-15(2)18-6-4-17(5-7-18)13-29-23(33)21-14-30(16(3)32)10-11-31(21)37(34,35)19-8-9-22(20(28)12-19)36-24(25,26)27;1-13(2)16-8-6-15(7-9-16)11-19-18(22)17-5-4-10-20(12-17)14(3)21;/h4-9,12,15,21H,10-11,13-14H2,1-3H3,(H,29,33);6-9,13,17H,4-5,10-12H2,1-3H3,(H,19,22);1H/t21-;17-;/m11./s1. The largest absolute Gasteiger partial charge is 0.573 e. The molecule has 3 aromatic carbocycles. The summed E-state index contributed by atoms with van der Waals surface area (Å²) in [7, 11) is -4.29. The third-order valence-corrected chi connectivity index (χ3v) is 13.0. The molecular formula is C42H54ClF3IN5O7S. The maximum Gasteiger partial charge on any atom is 0.573 e. The fraction of sp³-hybridized carbons (Fsp3) is 0.476. The van der Waals surface area contributed by atoms with Gasteiger partial charge in [0.1, 0.15) is 11.8 Å². The maximum absolute atomic E-state index is 13.5. The van der Waals surface area contributed by atoms with Crippen molar-refractivity contribution >= 4 is 68.6 Å². The Bertz CT molecular complexity index is 2060. The van der Waals surface area contributed by atoms with Crippen LogP contribution in [0.15, 0.2) is 71.6 Å². The number of amides is 4. The first-order valence-corrected chi connectivity index (χ1v) is 22.0. The Hall–Kier alpha value is -3.94. The van der Waals surface area contributed by atoms with Gasteiger partial charge in [0, 0.05) is 59.7 Å². The summed E-state index contributed by atoms with van der Waals surface area (Å²) in [5, 5.41) is 5.75. The Labute approximate surface area is 370 Å². The van der Waals surface area contributed by atoms with E-state index in [9.17, 15) is 40.8 Å². The number of sulfonamides is 1. The van der Waals surface area contributed by atoms with Crippen LogP contribution < -0.4 is 15.4 Å². The Morgan fingerprint density at radius 3 is 1.73 bits per heavy atom. The summed E-state index contributed by atoms with van der Waals surface area (Å²) in [5.41, 5.74) is 4.37. The van der Waals surface area contributed by atoms with Crippen LogP contribution in [0.2, 0.25) is 0 Å². The molecule has 2 heterocycles. The van der Waals surface area contributed by atoms with E-state index in [1.165, 1.54) is 17.4 Å². The molecule has 2 N–H and O–H groups in total. The van der Waals surface area contributed by atoms with Gasteiger partial charge in [-0.1, -0.05) is 76.2 Å². The third-order valence-electron chi connectivity index (χ3n) is 10.3. The quantitative estimate of drug-likeness (QED) is 0.198. The van der Waals surface area contributed by atoms with Crippen LogP contribution in [0.25, 0.3) is 0 Å². The molecule has 0 aromatic heterocycles. The molecule has 0 spiro atoms. The van der Waals surface area contributed by atoms with E-state index in [4.69, 9.17) is 0 Å². The SMILES string of the molecule is CC(=O)N1CCC[C@@H](C(=O)NCc2ccc(C(C)C)cc2)C1.CC(=O)N1CCN(S(=O)(=O)c2ccc(OC(F)(F)F)c(I)c2)[C@@H](C(=O)NCc2ccc(C(C)C)cc2)C1.Cl. The highest BCUT2D eigenvalue weighted by Crippen LogP contribution is 2.31. The molecule has 5 rings (SSSR count). The van der Waals surface area contributed by atoms with Gasteiger partial charge < -0.3 is 25.2 Å². The number of hydrogen-bond acceptors (Lipinski definition) is 7. The molecule has 0 aliphatic carbocycles. The molecule has 2 aliphatic rings. The topological polar surface area (TPSA) is 145 Å². The minimum absolute atomic E-state index is 0. The first-order chi connectivity index (χ1) is 27.7. The van der Waals surface area contributed by atoms with E-state index in [0.717, 1.165) is 58.6 Å². The van der Waals surface area contributed by atoms with Crippen LogP contribution in [0.1, 0.15) is 88.5 Å². The Kier molecular flexibility index (Phi) is 18.7. The van der Waals surface area contributed by atoms with Crippen molar-refractivity contribution in [3.63, 3.8) is 0 Å². The number of benzene rings is 3. The van der Waals surface area contributed by atoms with Gasteiger partial charge in [-0.2, -0.15) is 4.31 Å². The number of carbonyl (C=O) groups is 4. The van der Waals surface area contributed by atoms with Gasteiger partial charge in [0.25, 0.3) is 0 Å². The van der Waals surface area contributed by atoms with Crippen molar-refractivity contribution in [2.75, 3.05) is 32.7 Å². The summed E-state index contributed by atoms with van der Waals surface area (Å²) in [6, 6.07) is 17.8. The van der Waals surface area contributed by atoms with Crippen LogP contribution >= 0.6 is 35.0 Å². The summed E-state index contributed by atoms with van der Waals surface area (Å²) >= 11 is 1.55. The Morgan fingerprint density at radius 2 is 1.27 bits per heavy atom. The van der Waals surface area contributed by atoms with E-state index in [-0.39, 0.29) is 70.7 Å². The number of likely N-dealkylation sites (tertiary alicyclic amines) is 1. The number of hydrogen-bond donors (Lipinski definition) is 2. The minimum Gasteiger partial charge on any atom is -0.405 e. The van der Waals surface area contributed by atoms with Crippen molar-refractivity contribution in [1.29, 1.82) is 0 Å². The minimum atomic E-state index is -4.93. The molecule has 0 saturated carbocycles. The molecule has 330 valence electrons. The van der Waals surface area contributed by atoms with Crippen molar-refractivity contribution in [2.24, 2.45) is 5.92 Å². The van der Waals surface area contributed by atoms with Gasteiger partial charge >= 0.3 is 6.36 Å². The summed E-state index contributed by atoms with van der Waals surface area (Å²) in [6.45, 7) is 13.1. The average molecular weight is 992 g/mol. The summed E-state index contributed by atoms with van der Waals surface area (Å²) in [5.74, 6) is -0.529. The maximum atomic E-state index is 13.5. The predicted octanol–water partition coefficient (Wildman–Crippen LogP) is 6.96. The highest BCUT2D eigenvalue weighted by atomic mass is 127. The van der Waals surface area contributed by atoms with Crippen molar-refractivity contribution in [3.8, 4) is 5.75 Å². The lowest BCUT2D eigenvalue weighted by Crippen LogP contribution is -2.61. The fourth-order valence-electron chi connectivity index (χ4n) is 6.70.